The van der Waals surface area contributed by atoms with Crippen molar-refractivity contribution in [1.29, 1.82) is 0 Å². The lowest BCUT2D eigenvalue weighted by molar-refractivity contribution is 0.414. The Morgan fingerprint density at radius 3 is 2.27 bits per heavy atom. The lowest BCUT2D eigenvalue weighted by Crippen LogP contribution is -2.38. The predicted octanol–water partition coefficient (Wildman–Crippen LogP) is 3.66. The van der Waals surface area contributed by atoms with Crippen LogP contribution in [0.25, 0.3) is 0 Å². The summed E-state index contributed by atoms with van der Waals surface area (Å²) in [5, 5.41) is 7.29. The minimum Gasteiger partial charge on any atom is -0.497 e. The Bertz CT molecular complexity index is 584. The van der Waals surface area contributed by atoms with Crippen molar-refractivity contribution in [3.63, 3.8) is 0 Å². The van der Waals surface area contributed by atoms with Gasteiger partial charge in [0.05, 0.1) is 13.2 Å². The number of hydrogen-bond donors (Lipinski definition) is 2. The number of thiocarbonyl (C=S) groups is 1. The van der Waals surface area contributed by atoms with E-state index in [9.17, 15) is 0 Å². The van der Waals surface area contributed by atoms with Crippen molar-refractivity contribution >= 4 is 17.3 Å². The number of methoxy groups -OCH3 is 1. The van der Waals surface area contributed by atoms with E-state index in [-0.39, 0.29) is 6.04 Å². The predicted molar refractivity (Wildman–Crippen MR) is 95.3 cm³/mol. The van der Waals surface area contributed by atoms with E-state index in [1.54, 1.807) is 7.11 Å². The van der Waals surface area contributed by atoms with Crippen LogP contribution in [-0.4, -0.2) is 18.8 Å². The maximum Gasteiger partial charge on any atom is 0.167 e. The molecule has 116 valence electrons. The molecule has 3 nitrogen and oxygen atoms in total. The second-order valence-electron chi connectivity index (χ2n) is 5.02. The van der Waals surface area contributed by atoms with Gasteiger partial charge in [-0.1, -0.05) is 49.4 Å². The van der Waals surface area contributed by atoms with Gasteiger partial charge in [-0.2, -0.15) is 0 Å². The van der Waals surface area contributed by atoms with Gasteiger partial charge in [0.2, 0.25) is 0 Å². The monoisotopic (exact) mass is 314 g/mol. The second-order valence-corrected chi connectivity index (χ2v) is 5.43. The van der Waals surface area contributed by atoms with Gasteiger partial charge in [0.15, 0.2) is 5.11 Å². The van der Waals surface area contributed by atoms with E-state index in [1.807, 2.05) is 30.3 Å². The van der Waals surface area contributed by atoms with Crippen LogP contribution in [0, 0.1) is 0 Å². The summed E-state index contributed by atoms with van der Waals surface area (Å²) in [7, 11) is 1.67. The minimum atomic E-state index is 0.0176. The molecule has 0 saturated heterocycles. The van der Waals surface area contributed by atoms with Crippen LogP contribution in [0.4, 0.5) is 0 Å². The zero-order valence-corrected chi connectivity index (χ0v) is 13.8. The van der Waals surface area contributed by atoms with Crippen LogP contribution in [0.15, 0.2) is 54.6 Å². The summed E-state index contributed by atoms with van der Waals surface area (Å²) < 4.78 is 5.23. The van der Waals surface area contributed by atoms with Crippen LogP contribution in [0.5, 0.6) is 5.75 Å². The largest absolute Gasteiger partial charge is 0.497 e. The first kappa shape index (κ1) is 16.3. The van der Waals surface area contributed by atoms with Gasteiger partial charge in [-0.3, -0.25) is 0 Å². The number of rotatable bonds is 6. The van der Waals surface area contributed by atoms with E-state index in [4.69, 9.17) is 17.0 Å². The highest BCUT2D eigenvalue weighted by molar-refractivity contribution is 7.80. The zero-order valence-electron chi connectivity index (χ0n) is 13.0. The van der Waals surface area contributed by atoms with Crippen LogP contribution >= 0.6 is 12.2 Å². The molecule has 0 saturated carbocycles. The fourth-order valence-electron chi connectivity index (χ4n) is 2.22. The molecule has 0 heterocycles. The summed E-state index contributed by atoms with van der Waals surface area (Å²) in [6.45, 7) is 2.99. The summed E-state index contributed by atoms with van der Waals surface area (Å²) in [5.74, 6) is 0.849. The standard InChI is InChI=1S/C18H22N2OS/c1-3-13-19-18(22)20-17(14-7-5-4-6-8-14)15-9-11-16(21-2)12-10-15/h4-12,17H,3,13H2,1-2H3,(H2,19,20,22)/t17-/m1/s1. The minimum absolute atomic E-state index is 0.0176. The second kappa shape index (κ2) is 8.39. The van der Waals surface area contributed by atoms with E-state index in [0.717, 1.165) is 24.3 Å². The summed E-state index contributed by atoms with van der Waals surface area (Å²) in [5.41, 5.74) is 2.32. The maximum atomic E-state index is 5.40. The summed E-state index contributed by atoms with van der Waals surface area (Å²) in [4.78, 5) is 0. The van der Waals surface area contributed by atoms with Gasteiger partial charge >= 0.3 is 0 Å². The quantitative estimate of drug-likeness (QED) is 0.797. The van der Waals surface area contributed by atoms with E-state index in [2.05, 4.69) is 41.8 Å². The Hall–Kier alpha value is -2.07. The van der Waals surface area contributed by atoms with Gasteiger partial charge in [-0.25, -0.2) is 0 Å². The summed E-state index contributed by atoms with van der Waals surface area (Å²) >= 11 is 5.40. The highest BCUT2D eigenvalue weighted by Crippen LogP contribution is 2.24. The molecule has 0 aliphatic carbocycles. The molecule has 0 amide bonds. The summed E-state index contributed by atoms with van der Waals surface area (Å²) in [6, 6.07) is 18.4. The third kappa shape index (κ3) is 4.46. The summed E-state index contributed by atoms with van der Waals surface area (Å²) in [6.07, 6.45) is 1.04. The van der Waals surface area contributed by atoms with Crippen molar-refractivity contribution in [3.05, 3.63) is 65.7 Å². The molecule has 0 aromatic heterocycles. The molecule has 0 fully saturated rings. The maximum absolute atomic E-state index is 5.40. The van der Waals surface area contributed by atoms with E-state index >= 15 is 0 Å². The first-order valence-corrected chi connectivity index (χ1v) is 7.88. The average Bonchev–Trinajstić information content (AvgIpc) is 2.59. The molecule has 0 radical (unpaired) electrons. The molecule has 22 heavy (non-hydrogen) atoms. The third-order valence-electron chi connectivity index (χ3n) is 3.39. The lowest BCUT2D eigenvalue weighted by Gasteiger charge is -2.22. The molecule has 0 spiro atoms. The SMILES string of the molecule is CCCNC(=S)N[C@H](c1ccccc1)c1ccc(OC)cc1. The van der Waals surface area contributed by atoms with Crippen LogP contribution in [-0.2, 0) is 0 Å². The van der Waals surface area contributed by atoms with Gasteiger partial charge in [-0.15, -0.1) is 0 Å². The fourth-order valence-corrected chi connectivity index (χ4v) is 2.44. The van der Waals surface area contributed by atoms with Crippen LogP contribution in [0.2, 0.25) is 0 Å². The van der Waals surface area contributed by atoms with Gasteiger partial charge < -0.3 is 15.4 Å². The molecule has 0 aliphatic heterocycles. The number of ether oxygens (including phenoxy) is 1. The normalized spacial score (nSPS) is 11.5. The number of benzene rings is 2. The smallest absolute Gasteiger partial charge is 0.167 e. The van der Waals surface area contributed by atoms with Crippen molar-refractivity contribution < 1.29 is 4.74 Å². The van der Waals surface area contributed by atoms with Crippen molar-refractivity contribution in [2.45, 2.75) is 19.4 Å². The van der Waals surface area contributed by atoms with Crippen LogP contribution < -0.4 is 15.4 Å². The molecule has 0 unspecified atom stereocenters. The first-order chi connectivity index (χ1) is 10.7. The first-order valence-electron chi connectivity index (χ1n) is 7.48. The topological polar surface area (TPSA) is 33.3 Å². The average molecular weight is 314 g/mol. The van der Waals surface area contributed by atoms with Crippen molar-refractivity contribution in [2.24, 2.45) is 0 Å². The fraction of sp³-hybridized carbons (Fsp3) is 0.278. The van der Waals surface area contributed by atoms with Crippen molar-refractivity contribution in [3.8, 4) is 5.75 Å². The Balaban J connectivity index is 2.22. The van der Waals surface area contributed by atoms with E-state index in [1.165, 1.54) is 5.56 Å². The van der Waals surface area contributed by atoms with Gasteiger partial charge in [-0.05, 0) is 41.9 Å². The van der Waals surface area contributed by atoms with Gasteiger partial charge in [0.25, 0.3) is 0 Å². The van der Waals surface area contributed by atoms with E-state index < -0.39 is 0 Å². The molecule has 4 heteroatoms. The molecule has 0 aliphatic rings. The Morgan fingerprint density at radius 1 is 1.05 bits per heavy atom. The number of nitrogens with one attached hydrogen (secondary N) is 2. The number of hydrogen-bond acceptors (Lipinski definition) is 2. The van der Waals surface area contributed by atoms with Crippen LogP contribution in [0.1, 0.15) is 30.5 Å². The van der Waals surface area contributed by atoms with Gasteiger partial charge in [0, 0.05) is 6.54 Å². The lowest BCUT2D eigenvalue weighted by atomic mass is 9.99. The van der Waals surface area contributed by atoms with E-state index in [0.29, 0.717) is 5.11 Å². The molecular formula is C18H22N2OS. The molecule has 0 bridgehead atoms. The third-order valence-corrected chi connectivity index (χ3v) is 3.66. The van der Waals surface area contributed by atoms with Crippen molar-refractivity contribution in [1.82, 2.24) is 10.6 Å². The molecular weight excluding hydrogens is 292 g/mol. The highest BCUT2D eigenvalue weighted by Gasteiger charge is 2.15. The molecule has 2 aromatic rings. The van der Waals surface area contributed by atoms with Crippen molar-refractivity contribution in [2.75, 3.05) is 13.7 Å². The molecule has 2 rings (SSSR count). The zero-order chi connectivity index (χ0) is 15.8. The molecule has 2 N–H and O–H groups in total. The molecule has 2 aromatic carbocycles. The Morgan fingerprint density at radius 2 is 1.68 bits per heavy atom. The highest BCUT2D eigenvalue weighted by atomic mass is 32.1. The Labute approximate surface area is 137 Å². The Kier molecular flexibility index (Phi) is 6.22. The molecule has 1 atom stereocenters. The van der Waals surface area contributed by atoms with Crippen LogP contribution in [0.3, 0.4) is 0 Å². The van der Waals surface area contributed by atoms with Gasteiger partial charge in [0.1, 0.15) is 5.75 Å².